The van der Waals surface area contributed by atoms with Crippen LogP contribution in [0, 0.1) is 0 Å². The molecule has 3 heterocycles. The summed E-state index contributed by atoms with van der Waals surface area (Å²) in [5.74, 6) is 0.858. The molecule has 0 aliphatic carbocycles. The summed E-state index contributed by atoms with van der Waals surface area (Å²) in [4.78, 5) is 21.1. The zero-order valence-electron chi connectivity index (χ0n) is 13.5. The molecule has 24 heavy (non-hydrogen) atoms. The van der Waals surface area contributed by atoms with Crippen LogP contribution >= 0.6 is 0 Å². The van der Waals surface area contributed by atoms with Gasteiger partial charge in [0.05, 0.1) is 12.1 Å². The number of carbonyl (C=O) groups is 1. The molecule has 1 N–H and O–H groups in total. The number of para-hydroxylation sites is 1. The third-order valence-electron chi connectivity index (χ3n) is 4.46. The smallest absolute Gasteiger partial charge is 0.275 e. The first-order chi connectivity index (χ1) is 11.7. The van der Waals surface area contributed by atoms with E-state index in [4.69, 9.17) is 0 Å². The van der Waals surface area contributed by atoms with Gasteiger partial charge in [-0.2, -0.15) is 10.2 Å². The molecule has 1 aliphatic rings. The fourth-order valence-electron chi connectivity index (χ4n) is 3.15. The Bertz CT molecular complexity index is 847. The van der Waals surface area contributed by atoms with Gasteiger partial charge in [-0.05, 0) is 6.07 Å². The van der Waals surface area contributed by atoms with Gasteiger partial charge in [-0.3, -0.25) is 19.5 Å². The zero-order chi connectivity index (χ0) is 16.5. The predicted octanol–water partition coefficient (Wildman–Crippen LogP) is 0.649. The lowest BCUT2D eigenvalue weighted by Crippen LogP contribution is -2.48. The number of hydrogen-bond acceptors (Lipinski definition) is 5. The van der Waals surface area contributed by atoms with Crippen molar-refractivity contribution in [2.24, 2.45) is 7.05 Å². The van der Waals surface area contributed by atoms with Crippen molar-refractivity contribution in [3.05, 3.63) is 42.1 Å². The number of rotatable bonds is 3. The fraction of sp³-hybridized carbons (Fsp3) is 0.375. The number of nitrogens with zero attached hydrogens (tertiary/aromatic N) is 6. The molecule has 0 saturated carbocycles. The van der Waals surface area contributed by atoms with Gasteiger partial charge in [0.15, 0.2) is 5.69 Å². The van der Waals surface area contributed by atoms with Gasteiger partial charge < -0.3 is 4.90 Å². The molecule has 0 bridgehead atoms. The number of fused-ring (bicyclic) bond motifs is 1. The molecule has 3 aromatic rings. The number of hydrogen-bond donors (Lipinski definition) is 1. The van der Waals surface area contributed by atoms with Crippen LogP contribution in [0.25, 0.3) is 10.9 Å². The highest BCUT2D eigenvalue weighted by Gasteiger charge is 2.26. The number of H-pyrrole nitrogens is 1. The number of benzene rings is 1. The average Bonchev–Trinajstić information content (AvgIpc) is 3.24. The lowest BCUT2D eigenvalue weighted by atomic mass is 10.2. The third kappa shape index (κ3) is 2.65. The van der Waals surface area contributed by atoms with Crippen LogP contribution in [0.4, 0.5) is 0 Å². The summed E-state index contributed by atoms with van der Waals surface area (Å²) >= 11 is 0. The van der Waals surface area contributed by atoms with Crippen molar-refractivity contribution >= 4 is 16.8 Å². The molecule has 8 nitrogen and oxygen atoms in total. The number of aryl methyl sites for hydroxylation is 1. The Morgan fingerprint density at radius 1 is 1.21 bits per heavy atom. The molecule has 1 aromatic carbocycles. The van der Waals surface area contributed by atoms with Gasteiger partial charge in [0.1, 0.15) is 12.2 Å². The summed E-state index contributed by atoms with van der Waals surface area (Å²) in [5.41, 5.74) is 1.52. The van der Waals surface area contributed by atoms with Crippen LogP contribution < -0.4 is 0 Å². The van der Waals surface area contributed by atoms with Crippen LogP contribution in [0.1, 0.15) is 16.3 Å². The Morgan fingerprint density at radius 3 is 2.75 bits per heavy atom. The van der Waals surface area contributed by atoms with Gasteiger partial charge in [-0.1, -0.05) is 18.2 Å². The largest absolute Gasteiger partial charge is 0.335 e. The molecule has 8 heteroatoms. The molecule has 2 aromatic heterocycles. The molecule has 1 saturated heterocycles. The number of aromatic nitrogens is 5. The number of carbonyl (C=O) groups excluding carboxylic acids is 1. The van der Waals surface area contributed by atoms with Gasteiger partial charge in [-0.15, -0.1) is 0 Å². The van der Waals surface area contributed by atoms with Crippen molar-refractivity contribution in [2.45, 2.75) is 6.54 Å². The second-order valence-corrected chi connectivity index (χ2v) is 5.99. The van der Waals surface area contributed by atoms with E-state index in [9.17, 15) is 4.79 Å². The maximum Gasteiger partial charge on any atom is 0.275 e. The van der Waals surface area contributed by atoms with E-state index in [1.54, 1.807) is 4.68 Å². The summed E-state index contributed by atoms with van der Waals surface area (Å²) in [7, 11) is 1.87. The second-order valence-electron chi connectivity index (χ2n) is 5.99. The standard InChI is InChI=1S/C16H19N7O/c1-21-13-5-3-2-4-12(13)15(20-21)16(24)23-8-6-22(7-9-23)10-14-17-11-18-19-14/h2-5,11H,6-10H2,1H3,(H,17,18,19). The Balaban J connectivity index is 1.46. The van der Waals surface area contributed by atoms with Gasteiger partial charge in [0.2, 0.25) is 0 Å². The summed E-state index contributed by atoms with van der Waals surface area (Å²) in [5, 5.41) is 12.1. The van der Waals surface area contributed by atoms with Gasteiger partial charge in [0, 0.05) is 38.6 Å². The number of nitrogens with one attached hydrogen (secondary N) is 1. The summed E-state index contributed by atoms with van der Waals surface area (Å²) in [6.07, 6.45) is 1.52. The Hall–Kier alpha value is -2.74. The van der Waals surface area contributed by atoms with Gasteiger partial charge >= 0.3 is 0 Å². The first-order valence-corrected chi connectivity index (χ1v) is 8.00. The van der Waals surface area contributed by atoms with Crippen LogP contribution in [0.15, 0.2) is 30.6 Å². The molecular formula is C16H19N7O. The van der Waals surface area contributed by atoms with Crippen LogP contribution in [0.5, 0.6) is 0 Å². The minimum atomic E-state index is 0.00566. The molecular weight excluding hydrogens is 306 g/mol. The van der Waals surface area contributed by atoms with E-state index >= 15 is 0 Å². The Morgan fingerprint density at radius 2 is 2.00 bits per heavy atom. The fourth-order valence-corrected chi connectivity index (χ4v) is 3.15. The first-order valence-electron chi connectivity index (χ1n) is 8.00. The number of aromatic amines is 1. The highest BCUT2D eigenvalue weighted by Crippen LogP contribution is 2.19. The van der Waals surface area contributed by atoms with Crippen LogP contribution in [-0.4, -0.2) is 66.8 Å². The van der Waals surface area contributed by atoms with E-state index in [1.807, 2.05) is 36.2 Å². The van der Waals surface area contributed by atoms with Crippen molar-refractivity contribution in [1.29, 1.82) is 0 Å². The van der Waals surface area contributed by atoms with Gasteiger partial charge in [-0.25, -0.2) is 4.98 Å². The molecule has 1 aliphatic heterocycles. The van der Waals surface area contributed by atoms with Crippen molar-refractivity contribution in [3.63, 3.8) is 0 Å². The van der Waals surface area contributed by atoms with Crippen LogP contribution in [-0.2, 0) is 13.6 Å². The van der Waals surface area contributed by atoms with Crippen LogP contribution in [0.3, 0.4) is 0 Å². The lowest BCUT2D eigenvalue weighted by molar-refractivity contribution is 0.0621. The maximum atomic E-state index is 12.9. The van der Waals surface area contributed by atoms with Crippen molar-refractivity contribution in [2.75, 3.05) is 26.2 Å². The highest BCUT2D eigenvalue weighted by atomic mass is 16.2. The molecule has 1 fully saturated rings. The topological polar surface area (TPSA) is 82.9 Å². The van der Waals surface area contributed by atoms with E-state index in [2.05, 4.69) is 25.2 Å². The van der Waals surface area contributed by atoms with E-state index in [-0.39, 0.29) is 5.91 Å². The second kappa shape index (κ2) is 6.04. The minimum Gasteiger partial charge on any atom is -0.335 e. The Labute approximate surface area is 139 Å². The van der Waals surface area contributed by atoms with Crippen molar-refractivity contribution in [3.8, 4) is 0 Å². The zero-order valence-corrected chi connectivity index (χ0v) is 13.5. The molecule has 124 valence electrons. The van der Waals surface area contributed by atoms with E-state index < -0.39 is 0 Å². The summed E-state index contributed by atoms with van der Waals surface area (Å²) in [6, 6.07) is 7.83. The van der Waals surface area contributed by atoms with E-state index in [0.29, 0.717) is 18.8 Å². The average molecular weight is 325 g/mol. The number of amides is 1. The van der Waals surface area contributed by atoms with Gasteiger partial charge in [0.25, 0.3) is 5.91 Å². The monoisotopic (exact) mass is 325 g/mol. The molecule has 0 unspecified atom stereocenters. The third-order valence-corrected chi connectivity index (χ3v) is 4.46. The first kappa shape index (κ1) is 14.8. The van der Waals surface area contributed by atoms with E-state index in [0.717, 1.165) is 36.4 Å². The number of piperazine rings is 1. The molecule has 1 amide bonds. The SMILES string of the molecule is Cn1nc(C(=O)N2CCN(Cc3ncn[nH]3)CC2)c2ccccc21. The predicted molar refractivity (Wildman–Crippen MR) is 88.3 cm³/mol. The quantitative estimate of drug-likeness (QED) is 0.764. The normalized spacial score (nSPS) is 16.0. The van der Waals surface area contributed by atoms with E-state index in [1.165, 1.54) is 6.33 Å². The molecule has 0 atom stereocenters. The van der Waals surface area contributed by atoms with Crippen molar-refractivity contribution in [1.82, 2.24) is 34.8 Å². The maximum absolute atomic E-state index is 12.9. The minimum absolute atomic E-state index is 0.00566. The summed E-state index contributed by atoms with van der Waals surface area (Å²) in [6.45, 7) is 3.75. The molecule has 4 rings (SSSR count). The van der Waals surface area contributed by atoms with Crippen LogP contribution in [0.2, 0.25) is 0 Å². The lowest BCUT2D eigenvalue weighted by Gasteiger charge is -2.33. The molecule has 0 radical (unpaired) electrons. The highest BCUT2D eigenvalue weighted by molar-refractivity contribution is 6.04. The Kier molecular flexibility index (Phi) is 3.73. The van der Waals surface area contributed by atoms with Crippen molar-refractivity contribution < 1.29 is 4.79 Å². The summed E-state index contributed by atoms with van der Waals surface area (Å²) < 4.78 is 1.77. The molecule has 0 spiro atoms.